The van der Waals surface area contributed by atoms with Crippen molar-refractivity contribution in [3.05, 3.63) is 29.3 Å². The van der Waals surface area contributed by atoms with E-state index in [1.807, 2.05) is 0 Å². The van der Waals surface area contributed by atoms with Gasteiger partial charge < -0.3 is 4.98 Å². The van der Waals surface area contributed by atoms with Crippen LogP contribution in [0.4, 0.5) is 30.7 Å². The Balaban J connectivity index is 2.78. The molecule has 0 saturated carbocycles. The van der Waals surface area contributed by atoms with Crippen molar-refractivity contribution >= 4 is 11.0 Å². The third kappa shape index (κ3) is 2.00. The first kappa shape index (κ1) is 12.7. The van der Waals surface area contributed by atoms with Gasteiger partial charge in [-0.2, -0.15) is 26.3 Å². The van der Waals surface area contributed by atoms with Crippen LogP contribution >= 0.6 is 0 Å². The van der Waals surface area contributed by atoms with Gasteiger partial charge in [0.15, 0.2) is 0 Å². The Hall–Kier alpha value is -1.80. The molecule has 2 aromatic rings. The van der Waals surface area contributed by atoms with Crippen molar-refractivity contribution in [2.45, 2.75) is 12.4 Å². The van der Waals surface area contributed by atoms with Crippen LogP contribution in [0.1, 0.15) is 11.4 Å². The lowest BCUT2D eigenvalue weighted by atomic mass is 10.1. The molecule has 0 aliphatic rings. The van der Waals surface area contributed by atoms with Crippen LogP contribution in [0.5, 0.6) is 0 Å². The second-order valence-electron chi connectivity index (χ2n) is 3.40. The standard InChI is InChI=1S/C9H3F7N2/c10-4-2-1-3(8(11,12)13)5-6(4)18-7(17-5)9(14,15)16/h1-2H,(H,17,18). The lowest BCUT2D eigenvalue weighted by Crippen LogP contribution is -2.08. The lowest BCUT2D eigenvalue weighted by molar-refractivity contribution is -0.144. The van der Waals surface area contributed by atoms with Gasteiger partial charge >= 0.3 is 12.4 Å². The number of alkyl halides is 6. The van der Waals surface area contributed by atoms with Crippen LogP contribution in [0, 0.1) is 5.82 Å². The summed E-state index contributed by atoms with van der Waals surface area (Å²) in [6, 6.07) is 0.780. The first-order chi connectivity index (χ1) is 8.10. The molecule has 9 heteroatoms. The number of rotatable bonds is 0. The molecule has 0 amide bonds. The number of hydrogen-bond donors (Lipinski definition) is 1. The molecule has 1 heterocycles. The van der Waals surface area contributed by atoms with E-state index in [2.05, 4.69) is 4.98 Å². The van der Waals surface area contributed by atoms with E-state index in [4.69, 9.17) is 0 Å². The van der Waals surface area contributed by atoms with Crippen LogP contribution in [0.3, 0.4) is 0 Å². The molecule has 1 aromatic heterocycles. The molecule has 0 bridgehead atoms. The highest BCUT2D eigenvalue weighted by Crippen LogP contribution is 2.36. The van der Waals surface area contributed by atoms with Crippen LogP contribution < -0.4 is 0 Å². The summed E-state index contributed by atoms with van der Waals surface area (Å²) in [6.45, 7) is 0. The molecule has 18 heavy (non-hydrogen) atoms. The van der Waals surface area contributed by atoms with Crippen LogP contribution in [0.2, 0.25) is 0 Å². The van der Waals surface area contributed by atoms with Crippen molar-refractivity contribution in [3.63, 3.8) is 0 Å². The molecule has 2 rings (SSSR count). The first-order valence-corrected chi connectivity index (χ1v) is 4.43. The van der Waals surface area contributed by atoms with E-state index in [0.717, 1.165) is 0 Å². The average Bonchev–Trinajstić information content (AvgIpc) is 2.60. The highest BCUT2D eigenvalue weighted by molar-refractivity contribution is 5.80. The summed E-state index contributed by atoms with van der Waals surface area (Å²) in [7, 11) is 0. The third-order valence-corrected chi connectivity index (χ3v) is 2.17. The second kappa shape index (κ2) is 3.59. The number of fused-ring (bicyclic) bond motifs is 1. The van der Waals surface area contributed by atoms with Gasteiger partial charge in [-0.15, -0.1) is 0 Å². The summed E-state index contributed by atoms with van der Waals surface area (Å²) in [5, 5.41) is 0. The molecule has 0 fully saturated rings. The van der Waals surface area contributed by atoms with E-state index < -0.39 is 40.6 Å². The maximum Gasteiger partial charge on any atom is 0.449 e. The molecule has 2 nitrogen and oxygen atoms in total. The Morgan fingerprint density at radius 3 is 2.06 bits per heavy atom. The SMILES string of the molecule is Fc1ccc(C(F)(F)F)c2nc(C(F)(F)F)[nH]c12. The number of H-pyrrole nitrogens is 1. The smallest absolute Gasteiger partial charge is 0.332 e. The van der Waals surface area contributed by atoms with E-state index in [9.17, 15) is 30.7 Å². The van der Waals surface area contributed by atoms with Crippen molar-refractivity contribution in [3.8, 4) is 0 Å². The normalized spacial score (nSPS) is 13.3. The van der Waals surface area contributed by atoms with Crippen molar-refractivity contribution in [1.29, 1.82) is 0 Å². The number of imidazole rings is 1. The van der Waals surface area contributed by atoms with Gasteiger partial charge in [0, 0.05) is 0 Å². The van der Waals surface area contributed by atoms with Gasteiger partial charge in [-0.05, 0) is 12.1 Å². The van der Waals surface area contributed by atoms with Crippen molar-refractivity contribution in [1.82, 2.24) is 9.97 Å². The van der Waals surface area contributed by atoms with Gasteiger partial charge in [0.2, 0.25) is 5.82 Å². The second-order valence-corrected chi connectivity index (χ2v) is 3.40. The summed E-state index contributed by atoms with van der Waals surface area (Å²) < 4.78 is 87.5. The number of nitrogens with one attached hydrogen (secondary N) is 1. The summed E-state index contributed by atoms with van der Waals surface area (Å²) >= 11 is 0. The molecule has 0 spiro atoms. The summed E-state index contributed by atoms with van der Waals surface area (Å²) in [6.07, 6.45) is -9.89. The molecule has 1 N–H and O–H groups in total. The zero-order valence-electron chi connectivity index (χ0n) is 8.25. The highest BCUT2D eigenvalue weighted by atomic mass is 19.4. The number of nitrogens with zero attached hydrogens (tertiary/aromatic N) is 1. The maximum absolute atomic E-state index is 13.1. The minimum Gasteiger partial charge on any atom is -0.332 e. The molecule has 0 atom stereocenters. The molecule has 1 aromatic carbocycles. The quantitative estimate of drug-likeness (QED) is 0.727. The lowest BCUT2D eigenvalue weighted by Gasteiger charge is -2.06. The van der Waals surface area contributed by atoms with Crippen molar-refractivity contribution < 1.29 is 30.7 Å². The first-order valence-electron chi connectivity index (χ1n) is 4.43. The van der Waals surface area contributed by atoms with E-state index in [1.54, 1.807) is 0 Å². The Morgan fingerprint density at radius 1 is 0.944 bits per heavy atom. The van der Waals surface area contributed by atoms with Crippen molar-refractivity contribution in [2.75, 3.05) is 0 Å². The maximum atomic E-state index is 13.1. The van der Waals surface area contributed by atoms with E-state index in [-0.39, 0.29) is 0 Å². The van der Waals surface area contributed by atoms with E-state index >= 15 is 0 Å². The van der Waals surface area contributed by atoms with Crippen LogP contribution in [0.15, 0.2) is 12.1 Å². The Labute approximate surface area is 94.4 Å². The van der Waals surface area contributed by atoms with Gasteiger partial charge in [0.25, 0.3) is 0 Å². The molecule has 0 aliphatic heterocycles. The fraction of sp³-hybridized carbons (Fsp3) is 0.222. The zero-order chi connectivity index (χ0) is 13.7. The number of hydrogen-bond acceptors (Lipinski definition) is 1. The molecular weight excluding hydrogens is 269 g/mol. The number of aromatic nitrogens is 2. The molecular formula is C9H3F7N2. The largest absolute Gasteiger partial charge is 0.449 e. The summed E-state index contributed by atoms with van der Waals surface area (Å²) in [5.74, 6) is -2.91. The van der Waals surface area contributed by atoms with Crippen molar-refractivity contribution in [2.24, 2.45) is 0 Å². The van der Waals surface area contributed by atoms with Gasteiger partial charge in [0.05, 0.1) is 5.56 Å². The van der Waals surface area contributed by atoms with Crippen LogP contribution in [-0.4, -0.2) is 9.97 Å². The minimum absolute atomic E-state index is 0.346. The topological polar surface area (TPSA) is 28.7 Å². The predicted octanol–water partition coefficient (Wildman–Crippen LogP) is 3.74. The number of benzene rings is 1. The fourth-order valence-corrected chi connectivity index (χ4v) is 1.42. The number of aromatic amines is 1. The zero-order valence-corrected chi connectivity index (χ0v) is 8.25. The molecule has 98 valence electrons. The minimum atomic E-state index is -4.98. The highest BCUT2D eigenvalue weighted by Gasteiger charge is 2.39. The molecule has 0 unspecified atom stereocenters. The average molecular weight is 272 g/mol. The Kier molecular flexibility index (Phi) is 2.53. The third-order valence-electron chi connectivity index (χ3n) is 2.17. The van der Waals surface area contributed by atoms with Gasteiger partial charge in [-0.1, -0.05) is 0 Å². The monoisotopic (exact) mass is 272 g/mol. The van der Waals surface area contributed by atoms with Gasteiger partial charge in [-0.3, -0.25) is 0 Å². The Bertz CT molecular complexity index is 593. The fourth-order valence-electron chi connectivity index (χ4n) is 1.42. The predicted molar refractivity (Wildman–Crippen MR) is 46.1 cm³/mol. The summed E-state index contributed by atoms with van der Waals surface area (Å²) in [5.41, 5.74) is -3.43. The van der Waals surface area contributed by atoms with E-state index in [0.29, 0.717) is 12.1 Å². The van der Waals surface area contributed by atoms with E-state index in [1.165, 1.54) is 4.98 Å². The van der Waals surface area contributed by atoms with Crippen LogP contribution in [0.25, 0.3) is 11.0 Å². The summed E-state index contributed by atoms with van der Waals surface area (Å²) in [4.78, 5) is 4.28. The van der Waals surface area contributed by atoms with Gasteiger partial charge in [-0.25, -0.2) is 9.37 Å². The Morgan fingerprint density at radius 2 is 1.56 bits per heavy atom. The molecule has 0 saturated heterocycles. The molecule has 0 radical (unpaired) electrons. The van der Waals surface area contributed by atoms with Crippen LogP contribution in [-0.2, 0) is 12.4 Å². The number of halogens is 7. The van der Waals surface area contributed by atoms with Gasteiger partial charge in [0.1, 0.15) is 16.9 Å². The molecule has 0 aliphatic carbocycles.